The van der Waals surface area contributed by atoms with E-state index < -0.39 is 0 Å². The van der Waals surface area contributed by atoms with Crippen molar-refractivity contribution in [2.75, 3.05) is 0 Å². The molecule has 0 aliphatic rings. The molecule has 2 heterocycles. The largest absolute Gasteiger partial charge is 0.341 e. The van der Waals surface area contributed by atoms with Gasteiger partial charge >= 0.3 is 0 Å². The lowest BCUT2D eigenvalue weighted by atomic mass is 10.2. The van der Waals surface area contributed by atoms with Crippen molar-refractivity contribution in [1.29, 1.82) is 0 Å². The standard InChI is InChI=1S/C12H8ClFN4S/c13-9-3-8(14)2-1-7(9)4-19-12-10-11(16-5-15-10)17-6-18-12/h1-3,5-6H,4H2,(H,15,16,17,18). The summed E-state index contributed by atoms with van der Waals surface area (Å²) < 4.78 is 13.0. The third kappa shape index (κ3) is 2.54. The highest BCUT2D eigenvalue weighted by molar-refractivity contribution is 7.98. The Balaban J connectivity index is 1.84. The molecular weight excluding hydrogens is 287 g/mol. The number of hydrogen-bond donors (Lipinski definition) is 1. The van der Waals surface area contributed by atoms with E-state index in [0.29, 0.717) is 16.4 Å². The van der Waals surface area contributed by atoms with E-state index in [2.05, 4.69) is 19.9 Å². The fourth-order valence-corrected chi connectivity index (χ4v) is 2.91. The Bertz CT molecular complexity index is 731. The van der Waals surface area contributed by atoms with Crippen molar-refractivity contribution in [1.82, 2.24) is 19.9 Å². The monoisotopic (exact) mass is 294 g/mol. The Kier molecular flexibility index (Phi) is 3.35. The maximum Gasteiger partial charge on any atom is 0.181 e. The minimum absolute atomic E-state index is 0.336. The number of imidazole rings is 1. The van der Waals surface area contributed by atoms with Crippen LogP contribution in [0.3, 0.4) is 0 Å². The van der Waals surface area contributed by atoms with E-state index in [4.69, 9.17) is 11.6 Å². The van der Waals surface area contributed by atoms with E-state index in [9.17, 15) is 4.39 Å². The number of hydrogen-bond acceptors (Lipinski definition) is 4. The Morgan fingerprint density at radius 1 is 1.26 bits per heavy atom. The third-order valence-corrected chi connectivity index (χ3v) is 3.96. The average molecular weight is 295 g/mol. The molecule has 0 aliphatic carbocycles. The van der Waals surface area contributed by atoms with Crippen LogP contribution in [0.2, 0.25) is 5.02 Å². The lowest BCUT2D eigenvalue weighted by Gasteiger charge is -2.04. The zero-order valence-electron chi connectivity index (χ0n) is 9.60. The summed E-state index contributed by atoms with van der Waals surface area (Å²) >= 11 is 7.49. The summed E-state index contributed by atoms with van der Waals surface area (Å²) in [5, 5.41) is 1.21. The number of H-pyrrole nitrogens is 1. The summed E-state index contributed by atoms with van der Waals surface area (Å²) in [6.45, 7) is 0. The van der Waals surface area contributed by atoms with Gasteiger partial charge < -0.3 is 4.98 Å². The molecule has 0 amide bonds. The molecule has 2 aromatic heterocycles. The highest BCUT2D eigenvalue weighted by Gasteiger charge is 2.08. The van der Waals surface area contributed by atoms with Crippen LogP contribution in [0.4, 0.5) is 4.39 Å². The zero-order valence-corrected chi connectivity index (χ0v) is 11.2. The van der Waals surface area contributed by atoms with Crippen molar-refractivity contribution in [3.05, 3.63) is 47.3 Å². The number of fused-ring (bicyclic) bond motifs is 1. The fraction of sp³-hybridized carbons (Fsp3) is 0.0833. The third-order valence-electron chi connectivity index (χ3n) is 2.57. The van der Waals surface area contributed by atoms with Crippen LogP contribution in [-0.2, 0) is 5.75 Å². The molecule has 4 nitrogen and oxygen atoms in total. The van der Waals surface area contributed by atoms with E-state index in [1.165, 1.54) is 30.2 Å². The molecule has 0 radical (unpaired) electrons. The molecule has 7 heteroatoms. The molecule has 0 spiro atoms. The van der Waals surface area contributed by atoms with Gasteiger partial charge in [-0.15, -0.1) is 0 Å². The predicted octanol–water partition coefficient (Wildman–Crippen LogP) is 3.44. The van der Waals surface area contributed by atoms with Gasteiger partial charge in [-0.3, -0.25) is 0 Å². The second-order valence-electron chi connectivity index (χ2n) is 3.80. The summed E-state index contributed by atoms with van der Waals surface area (Å²) in [6.07, 6.45) is 3.05. The van der Waals surface area contributed by atoms with E-state index in [0.717, 1.165) is 16.1 Å². The van der Waals surface area contributed by atoms with Crippen LogP contribution in [0.15, 0.2) is 35.9 Å². The van der Waals surface area contributed by atoms with E-state index in [-0.39, 0.29) is 5.82 Å². The summed E-state index contributed by atoms with van der Waals surface area (Å²) in [6, 6.07) is 4.38. The van der Waals surface area contributed by atoms with E-state index >= 15 is 0 Å². The van der Waals surface area contributed by atoms with Crippen molar-refractivity contribution in [3.8, 4) is 0 Å². The van der Waals surface area contributed by atoms with Crippen LogP contribution in [0, 0.1) is 5.82 Å². The average Bonchev–Trinajstić information content (AvgIpc) is 2.86. The molecule has 1 N–H and O–H groups in total. The molecule has 0 atom stereocenters. The SMILES string of the molecule is Fc1ccc(CSc2ncnc3nc[nH]c23)c(Cl)c1. The second-order valence-corrected chi connectivity index (χ2v) is 5.18. The summed E-state index contributed by atoms with van der Waals surface area (Å²) in [5.41, 5.74) is 2.28. The minimum atomic E-state index is -0.336. The lowest BCUT2D eigenvalue weighted by Crippen LogP contribution is -1.89. The Labute approximate surface area is 117 Å². The number of rotatable bonds is 3. The first kappa shape index (κ1) is 12.4. The van der Waals surface area contributed by atoms with Gasteiger partial charge in [-0.25, -0.2) is 19.3 Å². The van der Waals surface area contributed by atoms with E-state index in [1.807, 2.05) is 0 Å². The van der Waals surface area contributed by atoms with Gasteiger partial charge in [-0.05, 0) is 17.7 Å². The van der Waals surface area contributed by atoms with Crippen LogP contribution in [0.25, 0.3) is 11.2 Å². The van der Waals surface area contributed by atoms with Crippen molar-refractivity contribution in [2.45, 2.75) is 10.8 Å². The van der Waals surface area contributed by atoms with Crippen LogP contribution in [-0.4, -0.2) is 19.9 Å². The Hall–Kier alpha value is -1.66. The number of halogens is 2. The van der Waals surface area contributed by atoms with Crippen molar-refractivity contribution in [3.63, 3.8) is 0 Å². The number of nitrogens with zero attached hydrogens (tertiary/aromatic N) is 3. The van der Waals surface area contributed by atoms with Gasteiger partial charge in [0.2, 0.25) is 0 Å². The molecule has 0 fully saturated rings. The van der Waals surface area contributed by atoms with Crippen LogP contribution in [0.1, 0.15) is 5.56 Å². The topological polar surface area (TPSA) is 54.5 Å². The van der Waals surface area contributed by atoms with Crippen molar-refractivity contribution in [2.24, 2.45) is 0 Å². The van der Waals surface area contributed by atoms with Gasteiger partial charge in [0.25, 0.3) is 0 Å². The highest BCUT2D eigenvalue weighted by atomic mass is 35.5. The summed E-state index contributed by atoms with van der Waals surface area (Å²) in [7, 11) is 0. The van der Waals surface area contributed by atoms with Gasteiger partial charge in [-0.2, -0.15) is 0 Å². The van der Waals surface area contributed by atoms with Gasteiger partial charge in [0.05, 0.1) is 6.33 Å². The zero-order chi connectivity index (χ0) is 13.2. The number of nitrogens with one attached hydrogen (secondary N) is 1. The maximum atomic E-state index is 13.0. The first-order valence-corrected chi connectivity index (χ1v) is 6.81. The van der Waals surface area contributed by atoms with E-state index in [1.54, 1.807) is 12.4 Å². The van der Waals surface area contributed by atoms with Gasteiger partial charge in [0, 0.05) is 10.8 Å². The molecule has 96 valence electrons. The van der Waals surface area contributed by atoms with Crippen molar-refractivity contribution >= 4 is 34.5 Å². The molecule has 0 saturated carbocycles. The quantitative estimate of drug-likeness (QED) is 0.594. The fourth-order valence-electron chi connectivity index (χ4n) is 1.64. The molecule has 0 aliphatic heterocycles. The molecule has 0 unspecified atom stereocenters. The second kappa shape index (κ2) is 5.14. The predicted molar refractivity (Wildman–Crippen MR) is 72.7 cm³/mol. The summed E-state index contributed by atoms with van der Waals surface area (Å²) in [5.74, 6) is 0.265. The van der Waals surface area contributed by atoms with Crippen LogP contribution < -0.4 is 0 Å². The Morgan fingerprint density at radius 2 is 2.16 bits per heavy atom. The first-order chi connectivity index (χ1) is 9.24. The van der Waals surface area contributed by atoms with Crippen molar-refractivity contribution < 1.29 is 4.39 Å². The molecule has 0 bridgehead atoms. The highest BCUT2D eigenvalue weighted by Crippen LogP contribution is 2.28. The number of aromatic amines is 1. The molecule has 19 heavy (non-hydrogen) atoms. The number of aromatic nitrogens is 4. The molecule has 3 rings (SSSR count). The minimum Gasteiger partial charge on any atom is -0.341 e. The van der Waals surface area contributed by atoms with Gasteiger partial charge in [0.1, 0.15) is 22.7 Å². The molecule has 1 aromatic carbocycles. The summed E-state index contributed by atoms with van der Waals surface area (Å²) in [4.78, 5) is 15.3. The van der Waals surface area contributed by atoms with Crippen LogP contribution >= 0.6 is 23.4 Å². The smallest absolute Gasteiger partial charge is 0.181 e. The normalized spacial score (nSPS) is 11.1. The first-order valence-electron chi connectivity index (χ1n) is 5.45. The number of thioether (sulfide) groups is 1. The maximum absolute atomic E-state index is 13.0. The Morgan fingerprint density at radius 3 is 3.00 bits per heavy atom. The lowest BCUT2D eigenvalue weighted by molar-refractivity contribution is 0.627. The molecular formula is C12H8ClFN4S. The van der Waals surface area contributed by atoms with Gasteiger partial charge in [-0.1, -0.05) is 29.4 Å². The molecule has 0 saturated heterocycles. The number of benzene rings is 1. The van der Waals surface area contributed by atoms with Crippen LogP contribution in [0.5, 0.6) is 0 Å². The van der Waals surface area contributed by atoms with Gasteiger partial charge in [0.15, 0.2) is 5.65 Å². The molecule has 3 aromatic rings.